The Bertz CT molecular complexity index is 979. The summed E-state index contributed by atoms with van der Waals surface area (Å²) in [6, 6.07) is 6.68. The molecule has 154 valence electrons. The Kier molecular flexibility index (Phi) is 5.50. The average molecular weight is 424 g/mol. The van der Waals surface area contributed by atoms with Gasteiger partial charge < -0.3 is 4.57 Å². The van der Waals surface area contributed by atoms with Crippen molar-refractivity contribution in [1.82, 2.24) is 24.6 Å². The quantitative estimate of drug-likeness (QED) is 0.681. The number of benzene rings is 1. The van der Waals surface area contributed by atoms with Crippen LogP contribution in [0.5, 0.6) is 0 Å². The molecule has 1 aliphatic rings. The number of aromatic nitrogens is 4. The van der Waals surface area contributed by atoms with Gasteiger partial charge in [-0.05, 0) is 44.0 Å². The van der Waals surface area contributed by atoms with E-state index in [0.29, 0.717) is 29.3 Å². The number of hydrogen-bond donors (Lipinski definition) is 1. The van der Waals surface area contributed by atoms with Gasteiger partial charge in [0.1, 0.15) is 5.51 Å². The summed E-state index contributed by atoms with van der Waals surface area (Å²) in [7, 11) is 0. The van der Waals surface area contributed by atoms with Gasteiger partial charge in [-0.1, -0.05) is 23.5 Å². The third-order valence-corrected chi connectivity index (χ3v) is 5.64. The molecule has 1 amide bonds. The van der Waals surface area contributed by atoms with E-state index in [2.05, 4.69) is 20.5 Å². The van der Waals surface area contributed by atoms with E-state index in [0.717, 1.165) is 12.8 Å². The number of carbonyl (C=O) groups is 1. The third-order valence-electron chi connectivity index (χ3n) is 5.03. The van der Waals surface area contributed by atoms with Gasteiger partial charge in [0.25, 0.3) is 0 Å². The zero-order chi connectivity index (χ0) is 20.4. The lowest BCUT2D eigenvalue weighted by Gasteiger charge is -2.32. The summed E-state index contributed by atoms with van der Waals surface area (Å²) >= 11 is 1.25. The predicted molar refractivity (Wildman–Crippen MR) is 102 cm³/mol. The van der Waals surface area contributed by atoms with E-state index in [1.807, 2.05) is 4.90 Å². The molecule has 1 saturated heterocycles. The van der Waals surface area contributed by atoms with Crippen molar-refractivity contribution in [2.45, 2.75) is 25.6 Å². The molecule has 2 aromatic heterocycles. The number of fused-ring (bicyclic) bond motifs is 1. The minimum absolute atomic E-state index is 0.0937. The van der Waals surface area contributed by atoms with Gasteiger partial charge in [-0.15, -0.1) is 10.2 Å². The fourth-order valence-electron chi connectivity index (χ4n) is 3.65. The number of amides is 1. The Morgan fingerprint density at radius 3 is 2.69 bits per heavy atom. The van der Waals surface area contributed by atoms with Crippen LogP contribution >= 0.6 is 11.3 Å². The van der Waals surface area contributed by atoms with Crippen molar-refractivity contribution in [2.24, 2.45) is 5.92 Å². The van der Waals surface area contributed by atoms with Gasteiger partial charge in [-0.3, -0.25) is 15.0 Å². The van der Waals surface area contributed by atoms with Crippen LogP contribution in [-0.4, -0.2) is 50.2 Å². The fourth-order valence-corrected chi connectivity index (χ4v) is 4.11. The highest BCUT2D eigenvalue weighted by Crippen LogP contribution is 2.33. The number of piperidine rings is 1. The second-order valence-corrected chi connectivity index (χ2v) is 7.88. The van der Waals surface area contributed by atoms with Crippen molar-refractivity contribution >= 4 is 33.4 Å². The normalized spacial score (nSPS) is 16.4. The molecule has 0 spiro atoms. The lowest BCUT2D eigenvalue weighted by molar-refractivity contribution is -0.147. The molecule has 0 bridgehead atoms. The summed E-state index contributed by atoms with van der Waals surface area (Å²) in [5.41, 5.74) is 2.39. The first-order valence-electron chi connectivity index (χ1n) is 9.21. The van der Waals surface area contributed by atoms with E-state index in [4.69, 9.17) is 0 Å². The summed E-state index contributed by atoms with van der Waals surface area (Å²) < 4.78 is 41.7. The smallest absolute Gasteiger partial charge is 0.320 e. The topological polar surface area (TPSA) is 75.9 Å². The minimum Gasteiger partial charge on any atom is -0.320 e. The summed E-state index contributed by atoms with van der Waals surface area (Å²) in [5.74, 6) is -0.922. The van der Waals surface area contributed by atoms with Crippen molar-refractivity contribution in [3.8, 4) is 0 Å². The van der Waals surface area contributed by atoms with Crippen LogP contribution in [0, 0.1) is 5.92 Å². The van der Waals surface area contributed by atoms with E-state index in [1.165, 1.54) is 21.4 Å². The monoisotopic (exact) mass is 424 g/mol. The maximum absolute atomic E-state index is 13.5. The molecule has 7 nitrogen and oxygen atoms in total. The molecular formula is C18H19F3N6OS. The molecule has 1 aliphatic heterocycles. The van der Waals surface area contributed by atoms with Crippen molar-refractivity contribution in [2.75, 3.05) is 25.0 Å². The van der Waals surface area contributed by atoms with Gasteiger partial charge >= 0.3 is 6.18 Å². The first-order chi connectivity index (χ1) is 13.9. The number of imidazole rings is 1. The molecule has 0 saturated carbocycles. The van der Waals surface area contributed by atoms with E-state index < -0.39 is 12.0 Å². The number of nitrogens with one attached hydrogen (secondary N) is 1. The van der Waals surface area contributed by atoms with E-state index >= 15 is 0 Å². The number of hydrogen-bond acceptors (Lipinski definition) is 6. The molecule has 1 aromatic carbocycles. The maximum atomic E-state index is 13.5. The highest BCUT2D eigenvalue weighted by atomic mass is 32.1. The molecule has 29 heavy (non-hydrogen) atoms. The minimum atomic E-state index is -4.50. The highest BCUT2D eigenvalue weighted by molar-refractivity contribution is 7.13. The summed E-state index contributed by atoms with van der Waals surface area (Å²) in [4.78, 5) is 17.9. The standard InChI is InChI=1S/C18H19F3N6OS/c19-18(20,21)16-23-13-3-1-2-4-14(13)27(16)9-12-5-7-26(8-6-12)10-15(28)24-17-25-22-11-29-17/h1-4,11-12H,5-10H2,(H,24,25,28). The Hall–Kier alpha value is -2.53. The molecule has 0 radical (unpaired) electrons. The summed E-state index contributed by atoms with van der Waals surface area (Å²) in [5, 5.41) is 10.6. The first kappa shape index (κ1) is 19.8. The van der Waals surface area contributed by atoms with Crippen LogP contribution in [-0.2, 0) is 17.5 Å². The van der Waals surface area contributed by atoms with Crippen LogP contribution in [0.3, 0.4) is 0 Å². The number of rotatable bonds is 5. The molecule has 1 fully saturated rings. The van der Waals surface area contributed by atoms with Gasteiger partial charge in [0.15, 0.2) is 0 Å². The first-order valence-corrected chi connectivity index (χ1v) is 10.1. The molecule has 0 unspecified atom stereocenters. The third kappa shape index (κ3) is 4.56. The van der Waals surface area contributed by atoms with Crippen LogP contribution < -0.4 is 5.32 Å². The molecule has 3 heterocycles. The zero-order valence-electron chi connectivity index (χ0n) is 15.4. The van der Waals surface area contributed by atoms with E-state index in [1.54, 1.807) is 24.3 Å². The van der Waals surface area contributed by atoms with Crippen LogP contribution in [0.1, 0.15) is 18.7 Å². The number of alkyl halides is 3. The average Bonchev–Trinajstić information content (AvgIpc) is 3.31. The maximum Gasteiger partial charge on any atom is 0.449 e. The molecular weight excluding hydrogens is 405 g/mol. The lowest BCUT2D eigenvalue weighted by atomic mass is 9.96. The second-order valence-electron chi connectivity index (χ2n) is 7.04. The summed E-state index contributed by atoms with van der Waals surface area (Å²) in [6.45, 7) is 1.80. The second kappa shape index (κ2) is 8.07. The fraction of sp³-hybridized carbons (Fsp3) is 0.444. The number of likely N-dealkylation sites (tertiary alicyclic amines) is 1. The van der Waals surface area contributed by atoms with E-state index in [9.17, 15) is 18.0 Å². The Balaban J connectivity index is 1.38. The van der Waals surface area contributed by atoms with E-state index in [-0.39, 0.29) is 24.9 Å². The molecule has 1 N–H and O–H groups in total. The van der Waals surface area contributed by atoms with Gasteiger partial charge in [-0.25, -0.2) is 4.98 Å². The number of carbonyl (C=O) groups excluding carboxylic acids is 1. The van der Waals surface area contributed by atoms with Crippen LogP contribution in [0.25, 0.3) is 11.0 Å². The highest BCUT2D eigenvalue weighted by Gasteiger charge is 2.38. The lowest BCUT2D eigenvalue weighted by Crippen LogP contribution is -2.40. The number of nitrogens with zero attached hydrogens (tertiary/aromatic N) is 5. The van der Waals surface area contributed by atoms with Gasteiger partial charge in [0.05, 0.1) is 17.6 Å². The SMILES string of the molecule is O=C(CN1CCC(Cn2c(C(F)(F)F)nc3ccccc32)CC1)Nc1nncs1. The zero-order valence-corrected chi connectivity index (χ0v) is 16.2. The summed E-state index contributed by atoms with van der Waals surface area (Å²) in [6.07, 6.45) is -3.06. The van der Waals surface area contributed by atoms with Crippen LogP contribution in [0.15, 0.2) is 29.8 Å². The number of halogens is 3. The van der Waals surface area contributed by atoms with Gasteiger partial charge in [0.2, 0.25) is 16.9 Å². The molecule has 4 rings (SSSR count). The Morgan fingerprint density at radius 2 is 2.00 bits per heavy atom. The molecule has 11 heteroatoms. The van der Waals surface area contributed by atoms with Crippen molar-refractivity contribution in [3.05, 3.63) is 35.6 Å². The Labute approximate surface area is 168 Å². The molecule has 0 aliphatic carbocycles. The van der Waals surface area contributed by atoms with Crippen molar-refractivity contribution in [3.63, 3.8) is 0 Å². The van der Waals surface area contributed by atoms with Crippen LogP contribution in [0.2, 0.25) is 0 Å². The van der Waals surface area contributed by atoms with Gasteiger partial charge in [-0.2, -0.15) is 13.2 Å². The van der Waals surface area contributed by atoms with Gasteiger partial charge in [0, 0.05) is 6.54 Å². The van der Waals surface area contributed by atoms with Crippen molar-refractivity contribution in [1.29, 1.82) is 0 Å². The molecule has 0 atom stereocenters. The predicted octanol–water partition coefficient (Wildman–Crippen LogP) is 3.26. The largest absolute Gasteiger partial charge is 0.449 e. The van der Waals surface area contributed by atoms with Crippen molar-refractivity contribution < 1.29 is 18.0 Å². The molecule has 3 aromatic rings. The Morgan fingerprint density at radius 1 is 1.24 bits per heavy atom. The number of para-hydroxylation sites is 2. The van der Waals surface area contributed by atoms with Crippen LogP contribution in [0.4, 0.5) is 18.3 Å². The number of anilines is 1.